The Morgan fingerprint density at radius 3 is 2.13 bits per heavy atom. The van der Waals surface area contributed by atoms with Crippen molar-refractivity contribution in [2.75, 3.05) is 26.2 Å². The van der Waals surface area contributed by atoms with Crippen LogP contribution >= 0.6 is 0 Å². The van der Waals surface area contributed by atoms with Crippen molar-refractivity contribution in [1.29, 1.82) is 0 Å². The number of nitrogens with zero attached hydrogens (tertiary/aromatic N) is 2. The molecule has 0 aliphatic carbocycles. The average Bonchev–Trinajstić information content (AvgIpc) is 2.90. The van der Waals surface area contributed by atoms with Gasteiger partial charge < -0.3 is 14.4 Å². The van der Waals surface area contributed by atoms with Gasteiger partial charge in [-0.2, -0.15) is 0 Å². The molecule has 0 saturated heterocycles. The summed E-state index contributed by atoms with van der Waals surface area (Å²) in [5.41, 5.74) is 4.37. The number of anilines is 1. The molecule has 4 rings (SSSR count). The van der Waals surface area contributed by atoms with E-state index in [2.05, 4.69) is 0 Å². The van der Waals surface area contributed by atoms with E-state index in [0.717, 1.165) is 28.1 Å². The van der Waals surface area contributed by atoms with Crippen molar-refractivity contribution in [1.82, 2.24) is 0 Å². The fourth-order valence-corrected chi connectivity index (χ4v) is 3.75. The minimum absolute atomic E-state index is 0.0572. The largest absolute Gasteiger partial charge is 0.493 e. The van der Waals surface area contributed by atoms with E-state index in [4.69, 9.17) is 14.5 Å². The first-order valence-corrected chi connectivity index (χ1v) is 9.83. The highest BCUT2D eigenvalue weighted by Gasteiger charge is 2.31. The van der Waals surface area contributed by atoms with Crippen molar-refractivity contribution in [3.63, 3.8) is 0 Å². The number of ether oxygens (including phenoxy) is 2. The summed E-state index contributed by atoms with van der Waals surface area (Å²) in [4.78, 5) is 20.0. The summed E-state index contributed by atoms with van der Waals surface area (Å²) < 4.78 is 11.0. The number of carbonyl (C=O) groups is 1. The number of benzene rings is 3. The normalized spacial score (nSPS) is 15.8. The van der Waals surface area contributed by atoms with Crippen molar-refractivity contribution in [2.24, 2.45) is 4.99 Å². The zero-order valence-electron chi connectivity index (χ0n) is 17.3. The molecule has 30 heavy (non-hydrogen) atoms. The number of aliphatic imine (C=N–C) groups is 1. The number of methoxy groups -OCH3 is 2. The predicted octanol–water partition coefficient (Wildman–Crippen LogP) is 4.13. The summed E-state index contributed by atoms with van der Waals surface area (Å²) >= 11 is 0. The first-order valence-electron chi connectivity index (χ1n) is 9.83. The Kier molecular flexibility index (Phi) is 5.53. The first-order chi connectivity index (χ1) is 14.6. The van der Waals surface area contributed by atoms with E-state index in [0.29, 0.717) is 17.9 Å². The Bertz CT molecular complexity index is 1080. The number of hydrogen-bond acceptors (Lipinski definition) is 4. The van der Waals surface area contributed by atoms with E-state index < -0.39 is 6.04 Å². The standard InChI is InChI=1S/C25H24N2O3/c1-27-21-16-23(30-3)22(29-2)15-19(21)24(18-12-8-5-9-13-18)26-20(25(27)28)14-17-10-6-4-7-11-17/h4-13,15-16,20H,14H2,1-3H3/t20-/m0/s1. The van der Waals surface area contributed by atoms with Crippen LogP contribution in [0.5, 0.6) is 11.5 Å². The summed E-state index contributed by atoms with van der Waals surface area (Å²) in [6.45, 7) is 0. The third kappa shape index (κ3) is 3.66. The highest BCUT2D eigenvalue weighted by Crippen LogP contribution is 2.38. The molecule has 1 aliphatic rings. The van der Waals surface area contributed by atoms with Crippen LogP contribution in [0.4, 0.5) is 5.69 Å². The van der Waals surface area contributed by atoms with Crippen LogP contribution in [-0.2, 0) is 11.2 Å². The molecule has 0 aromatic heterocycles. The molecule has 5 heteroatoms. The highest BCUT2D eigenvalue weighted by molar-refractivity contribution is 6.20. The van der Waals surface area contributed by atoms with Crippen molar-refractivity contribution < 1.29 is 14.3 Å². The third-order valence-corrected chi connectivity index (χ3v) is 5.34. The number of benzodiazepines with no additional fused rings is 1. The Balaban J connectivity index is 1.91. The molecule has 5 nitrogen and oxygen atoms in total. The van der Waals surface area contributed by atoms with Gasteiger partial charge in [-0.1, -0.05) is 60.7 Å². The summed E-state index contributed by atoms with van der Waals surface area (Å²) in [6, 6.07) is 23.1. The third-order valence-electron chi connectivity index (χ3n) is 5.34. The van der Waals surface area contributed by atoms with Gasteiger partial charge in [0.15, 0.2) is 11.5 Å². The highest BCUT2D eigenvalue weighted by atomic mass is 16.5. The fraction of sp³-hybridized carbons (Fsp3) is 0.200. The molecule has 0 spiro atoms. The summed E-state index contributed by atoms with van der Waals surface area (Å²) in [5.74, 6) is 1.12. The van der Waals surface area contributed by atoms with Crippen molar-refractivity contribution in [3.05, 3.63) is 89.5 Å². The lowest BCUT2D eigenvalue weighted by Gasteiger charge is -2.22. The van der Waals surface area contributed by atoms with Gasteiger partial charge in [-0.05, 0) is 11.6 Å². The number of likely N-dealkylation sites (N-methyl/N-ethyl adjacent to an activating group) is 1. The van der Waals surface area contributed by atoms with E-state index in [9.17, 15) is 4.79 Å². The number of hydrogen-bond donors (Lipinski definition) is 0. The van der Waals surface area contributed by atoms with E-state index in [1.165, 1.54) is 0 Å². The monoisotopic (exact) mass is 400 g/mol. The van der Waals surface area contributed by atoms with Crippen LogP contribution < -0.4 is 14.4 Å². The van der Waals surface area contributed by atoms with E-state index >= 15 is 0 Å². The predicted molar refractivity (Wildman–Crippen MR) is 119 cm³/mol. The van der Waals surface area contributed by atoms with E-state index in [1.807, 2.05) is 72.8 Å². The Hall–Kier alpha value is -3.60. The van der Waals surface area contributed by atoms with Gasteiger partial charge in [0.05, 0.1) is 25.6 Å². The minimum atomic E-state index is -0.531. The maximum atomic E-state index is 13.4. The van der Waals surface area contributed by atoms with Crippen molar-refractivity contribution >= 4 is 17.3 Å². The summed E-state index contributed by atoms with van der Waals surface area (Å²) in [7, 11) is 4.98. The van der Waals surface area contributed by atoms with Crippen molar-refractivity contribution in [2.45, 2.75) is 12.5 Å². The lowest BCUT2D eigenvalue weighted by molar-refractivity contribution is -0.119. The van der Waals surface area contributed by atoms with Gasteiger partial charge in [0.1, 0.15) is 6.04 Å². The average molecular weight is 400 g/mol. The van der Waals surface area contributed by atoms with E-state index in [1.54, 1.807) is 26.2 Å². The Morgan fingerprint density at radius 2 is 1.50 bits per heavy atom. The zero-order chi connectivity index (χ0) is 21.1. The second-order valence-corrected chi connectivity index (χ2v) is 7.17. The van der Waals surface area contributed by atoms with Crippen LogP contribution in [-0.4, -0.2) is 38.9 Å². The SMILES string of the molecule is COc1cc2c(cc1OC)N(C)C(=O)[C@H](Cc1ccccc1)N=C2c1ccccc1. The van der Waals surface area contributed by atoms with Crippen LogP contribution in [0.15, 0.2) is 77.8 Å². The van der Waals surface area contributed by atoms with Crippen LogP contribution in [0.3, 0.4) is 0 Å². The van der Waals surface area contributed by atoms with Crippen LogP contribution in [0.1, 0.15) is 16.7 Å². The van der Waals surface area contributed by atoms with Gasteiger partial charge in [0.25, 0.3) is 5.91 Å². The molecular weight excluding hydrogens is 376 g/mol. The maximum Gasteiger partial charge on any atom is 0.251 e. The molecule has 0 N–H and O–H groups in total. The molecule has 152 valence electrons. The quantitative estimate of drug-likeness (QED) is 0.647. The number of carbonyl (C=O) groups excluding carboxylic acids is 1. The van der Waals surface area contributed by atoms with Crippen LogP contribution in [0.25, 0.3) is 0 Å². The van der Waals surface area contributed by atoms with Gasteiger partial charge >= 0.3 is 0 Å². The topological polar surface area (TPSA) is 51.1 Å². The second-order valence-electron chi connectivity index (χ2n) is 7.17. The molecule has 3 aromatic rings. The molecule has 0 saturated carbocycles. The lowest BCUT2D eigenvalue weighted by atomic mass is 9.99. The fourth-order valence-electron chi connectivity index (χ4n) is 3.75. The maximum absolute atomic E-state index is 13.4. The molecule has 0 radical (unpaired) electrons. The summed E-state index contributed by atoms with van der Waals surface area (Å²) in [5, 5.41) is 0. The van der Waals surface area contributed by atoms with Gasteiger partial charge in [-0.3, -0.25) is 9.79 Å². The molecule has 0 fully saturated rings. The minimum Gasteiger partial charge on any atom is -0.493 e. The van der Waals surface area contributed by atoms with Gasteiger partial charge in [0, 0.05) is 30.7 Å². The number of fused-ring (bicyclic) bond motifs is 1. The van der Waals surface area contributed by atoms with Gasteiger partial charge in [0.2, 0.25) is 0 Å². The second kappa shape index (κ2) is 8.41. The molecule has 1 heterocycles. The number of amides is 1. The number of rotatable bonds is 5. The first kappa shape index (κ1) is 19.7. The summed E-state index contributed by atoms with van der Waals surface area (Å²) in [6.07, 6.45) is 0.530. The smallest absolute Gasteiger partial charge is 0.251 e. The lowest BCUT2D eigenvalue weighted by Crippen LogP contribution is -2.36. The molecule has 0 unspecified atom stereocenters. The molecule has 0 bridgehead atoms. The molecule has 3 aromatic carbocycles. The van der Waals surface area contributed by atoms with Gasteiger partial charge in [-0.25, -0.2) is 0 Å². The Morgan fingerprint density at radius 1 is 0.900 bits per heavy atom. The molecule has 1 amide bonds. The van der Waals surface area contributed by atoms with Crippen LogP contribution in [0, 0.1) is 0 Å². The van der Waals surface area contributed by atoms with E-state index in [-0.39, 0.29) is 5.91 Å². The Labute approximate surface area is 176 Å². The van der Waals surface area contributed by atoms with Gasteiger partial charge in [-0.15, -0.1) is 0 Å². The van der Waals surface area contributed by atoms with Crippen LogP contribution in [0.2, 0.25) is 0 Å². The zero-order valence-corrected chi connectivity index (χ0v) is 17.3. The molecular formula is C25H24N2O3. The molecule has 1 atom stereocenters. The van der Waals surface area contributed by atoms with Crippen molar-refractivity contribution in [3.8, 4) is 11.5 Å². The molecule has 1 aliphatic heterocycles.